The fourth-order valence-electron chi connectivity index (χ4n) is 1.86. The van der Waals surface area contributed by atoms with Crippen LogP contribution in [0.25, 0.3) is 11.5 Å². The van der Waals surface area contributed by atoms with Crippen LogP contribution < -0.4 is 5.32 Å². The van der Waals surface area contributed by atoms with Crippen molar-refractivity contribution in [3.05, 3.63) is 34.1 Å². The zero-order valence-electron chi connectivity index (χ0n) is 11.9. The number of hydrogen-bond acceptors (Lipinski definition) is 4. The van der Waals surface area contributed by atoms with Gasteiger partial charge in [0.2, 0.25) is 11.8 Å². The van der Waals surface area contributed by atoms with Crippen molar-refractivity contribution in [2.75, 3.05) is 13.1 Å². The Morgan fingerprint density at radius 3 is 2.85 bits per heavy atom. The van der Waals surface area contributed by atoms with Gasteiger partial charge < -0.3 is 9.73 Å². The maximum atomic E-state index is 5.70. The number of aryl methyl sites for hydroxylation is 2. The molecule has 0 unspecified atom stereocenters. The third-order valence-corrected chi connectivity index (χ3v) is 3.91. The smallest absolute Gasteiger partial charge is 0.247 e. The average Bonchev–Trinajstić information content (AvgIpc) is 2.90. The van der Waals surface area contributed by atoms with E-state index < -0.39 is 0 Å². The molecule has 0 aliphatic carbocycles. The Morgan fingerprint density at radius 2 is 2.10 bits per heavy atom. The van der Waals surface area contributed by atoms with Crippen LogP contribution in [-0.4, -0.2) is 23.3 Å². The van der Waals surface area contributed by atoms with Crippen molar-refractivity contribution >= 4 is 15.9 Å². The van der Waals surface area contributed by atoms with Crippen LogP contribution >= 0.6 is 15.9 Å². The van der Waals surface area contributed by atoms with E-state index in [4.69, 9.17) is 4.42 Å². The molecule has 1 heterocycles. The fraction of sp³-hybridized carbons (Fsp3) is 0.467. The molecule has 0 saturated heterocycles. The molecule has 0 spiro atoms. The first-order chi connectivity index (χ1) is 9.70. The Kier molecular flexibility index (Phi) is 5.73. The molecule has 0 bridgehead atoms. The molecule has 5 heteroatoms. The van der Waals surface area contributed by atoms with Crippen molar-refractivity contribution in [3.8, 4) is 11.5 Å². The summed E-state index contributed by atoms with van der Waals surface area (Å²) in [6, 6.07) is 6.05. The summed E-state index contributed by atoms with van der Waals surface area (Å²) in [4.78, 5) is 0. The van der Waals surface area contributed by atoms with Gasteiger partial charge >= 0.3 is 0 Å². The molecular weight excluding hydrogens is 318 g/mol. The van der Waals surface area contributed by atoms with Crippen LogP contribution in [0.1, 0.15) is 31.2 Å². The third-order valence-electron chi connectivity index (χ3n) is 3.06. The molecule has 0 aliphatic heterocycles. The summed E-state index contributed by atoms with van der Waals surface area (Å²) in [5.41, 5.74) is 2.14. The van der Waals surface area contributed by atoms with Crippen LogP contribution in [0.2, 0.25) is 0 Å². The van der Waals surface area contributed by atoms with Gasteiger partial charge in [0.25, 0.3) is 0 Å². The highest BCUT2D eigenvalue weighted by molar-refractivity contribution is 9.10. The Labute approximate surface area is 128 Å². The van der Waals surface area contributed by atoms with E-state index in [1.54, 1.807) is 0 Å². The average molecular weight is 338 g/mol. The van der Waals surface area contributed by atoms with Crippen LogP contribution in [0.15, 0.2) is 27.1 Å². The summed E-state index contributed by atoms with van der Waals surface area (Å²) in [7, 11) is 0. The van der Waals surface area contributed by atoms with E-state index in [1.807, 2.05) is 18.2 Å². The number of aromatic nitrogens is 2. The molecule has 0 fully saturated rings. The summed E-state index contributed by atoms with van der Waals surface area (Å²) in [5.74, 6) is 1.29. The summed E-state index contributed by atoms with van der Waals surface area (Å²) in [6.45, 7) is 6.27. The molecule has 0 radical (unpaired) electrons. The van der Waals surface area contributed by atoms with Crippen molar-refractivity contribution in [2.45, 2.75) is 33.1 Å². The van der Waals surface area contributed by atoms with Crippen molar-refractivity contribution in [2.24, 2.45) is 0 Å². The van der Waals surface area contributed by atoms with Gasteiger partial charge in [0, 0.05) is 16.5 Å². The number of benzene rings is 1. The second kappa shape index (κ2) is 7.55. The highest BCUT2D eigenvalue weighted by Crippen LogP contribution is 2.24. The molecule has 0 amide bonds. The van der Waals surface area contributed by atoms with Crippen molar-refractivity contribution in [3.63, 3.8) is 0 Å². The van der Waals surface area contributed by atoms with Gasteiger partial charge in [0.05, 0.1) is 0 Å². The van der Waals surface area contributed by atoms with Crippen LogP contribution in [0.3, 0.4) is 0 Å². The second-order valence-corrected chi connectivity index (χ2v) is 5.67. The number of halogens is 1. The first-order valence-corrected chi connectivity index (χ1v) is 7.79. The third kappa shape index (κ3) is 4.15. The van der Waals surface area contributed by atoms with Gasteiger partial charge in [-0.25, -0.2) is 0 Å². The monoisotopic (exact) mass is 337 g/mol. The van der Waals surface area contributed by atoms with Gasteiger partial charge in [-0.1, -0.05) is 28.9 Å². The molecule has 1 aromatic heterocycles. The minimum Gasteiger partial charge on any atom is -0.421 e. The van der Waals surface area contributed by atoms with E-state index in [1.165, 1.54) is 5.56 Å². The van der Waals surface area contributed by atoms with Crippen molar-refractivity contribution in [1.29, 1.82) is 0 Å². The standard InChI is InChI=1S/C15H20BrN3O/c1-3-8-17-9-4-5-14-18-19-15(20-14)12-7-6-11(2)13(16)10-12/h6-7,10,17H,3-5,8-9H2,1-2H3. The zero-order valence-corrected chi connectivity index (χ0v) is 13.5. The lowest BCUT2D eigenvalue weighted by molar-refractivity contribution is 0.491. The van der Waals surface area contributed by atoms with Crippen LogP contribution in [0, 0.1) is 6.92 Å². The van der Waals surface area contributed by atoms with E-state index in [0.717, 1.165) is 42.4 Å². The zero-order chi connectivity index (χ0) is 14.4. The predicted octanol–water partition coefficient (Wildman–Crippen LogP) is 3.74. The Balaban J connectivity index is 1.93. The number of nitrogens with one attached hydrogen (secondary N) is 1. The quantitative estimate of drug-likeness (QED) is 0.782. The van der Waals surface area contributed by atoms with Crippen LogP contribution in [-0.2, 0) is 6.42 Å². The van der Waals surface area contributed by atoms with E-state index in [2.05, 4.69) is 45.3 Å². The molecular formula is C15H20BrN3O. The first-order valence-electron chi connectivity index (χ1n) is 7.00. The van der Waals surface area contributed by atoms with Crippen LogP contribution in [0.4, 0.5) is 0 Å². The van der Waals surface area contributed by atoms with E-state index in [9.17, 15) is 0 Å². The summed E-state index contributed by atoms with van der Waals surface area (Å²) < 4.78 is 6.75. The minimum absolute atomic E-state index is 0.585. The first kappa shape index (κ1) is 15.2. The molecule has 1 aromatic carbocycles. The molecule has 0 saturated carbocycles. The van der Waals surface area contributed by atoms with E-state index in [0.29, 0.717) is 11.8 Å². The molecule has 0 aliphatic rings. The number of rotatable bonds is 7. The van der Waals surface area contributed by atoms with Gasteiger partial charge in [-0.2, -0.15) is 0 Å². The second-order valence-electron chi connectivity index (χ2n) is 4.82. The summed E-state index contributed by atoms with van der Waals surface area (Å²) in [6.07, 6.45) is 2.99. The summed E-state index contributed by atoms with van der Waals surface area (Å²) in [5, 5.41) is 11.6. The lowest BCUT2D eigenvalue weighted by Gasteiger charge is -2.00. The van der Waals surface area contributed by atoms with Gasteiger partial charge in [0.15, 0.2) is 0 Å². The Hall–Kier alpha value is -1.20. The normalized spacial score (nSPS) is 10.9. The predicted molar refractivity (Wildman–Crippen MR) is 83.7 cm³/mol. The maximum absolute atomic E-state index is 5.70. The van der Waals surface area contributed by atoms with Crippen LogP contribution in [0.5, 0.6) is 0 Å². The number of hydrogen-bond donors (Lipinski definition) is 1. The Morgan fingerprint density at radius 1 is 1.25 bits per heavy atom. The van der Waals surface area contributed by atoms with Crippen molar-refractivity contribution < 1.29 is 4.42 Å². The van der Waals surface area contributed by atoms with Gasteiger partial charge in [-0.15, -0.1) is 10.2 Å². The Bertz CT molecular complexity index is 554. The van der Waals surface area contributed by atoms with Crippen molar-refractivity contribution in [1.82, 2.24) is 15.5 Å². The number of nitrogens with zero attached hydrogens (tertiary/aromatic N) is 2. The highest BCUT2D eigenvalue weighted by atomic mass is 79.9. The molecule has 2 aromatic rings. The molecule has 1 N–H and O–H groups in total. The lowest BCUT2D eigenvalue weighted by Crippen LogP contribution is -2.16. The maximum Gasteiger partial charge on any atom is 0.247 e. The highest BCUT2D eigenvalue weighted by Gasteiger charge is 2.09. The molecule has 108 valence electrons. The fourth-order valence-corrected chi connectivity index (χ4v) is 2.24. The minimum atomic E-state index is 0.585. The van der Waals surface area contributed by atoms with Gasteiger partial charge in [-0.05, 0) is 50.6 Å². The molecule has 2 rings (SSSR count). The van der Waals surface area contributed by atoms with E-state index in [-0.39, 0.29) is 0 Å². The topological polar surface area (TPSA) is 51.0 Å². The van der Waals surface area contributed by atoms with E-state index >= 15 is 0 Å². The molecule has 4 nitrogen and oxygen atoms in total. The molecule has 20 heavy (non-hydrogen) atoms. The van der Waals surface area contributed by atoms with Gasteiger partial charge in [-0.3, -0.25) is 0 Å². The SMILES string of the molecule is CCCNCCCc1nnc(-c2ccc(C)c(Br)c2)o1. The van der Waals surface area contributed by atoms with Gasteiger partial charge in [0.1, 0.15) is 0 Å². The lowest BCUT2D eigenvalue weighted by atomic mass is 10.1. The summed E-state index contributed by atoms with van der Waals surface area (Å²) >= 11 is 3.52. The largest absolute Gasteiger partial charge is 0.421 e. The molecule has 0 atom stereocenters.